The zero-order chi connectivity index (χ0) is 36.5. The van der Waals surface area contributed by atoms with Crippen molar-refractivity contribution in [3.63, 3.8) is 0 Å². The summed E-state index contributed by atoms with van der Waals surface area (Å²) in [6, 6.07) is 36.0. The second-order valence-corrected chi connectivity index (χ2v) is 12.1. The van der Waals surface area contributed by atoms with E-state index in [9.17, 15) is 4.79 Å². The molecule has 4 aromatic rings. The van der Waals surface area contributed by atoms with E-state index in [1.807, 2.05) is 112 Å². The molecule has 0 aliphatic carbocycles. The van der Waals surface area contributed by atoms with E-state index in [1.165, 1.54) is 16.8 Å². The second kappa shape index (κ2) is 19.1. The number of carbonyl (C=O) groups excluding carboxylic acids is 1. The highest BCUT2D eigenvalue weighted by Crippen LogP contribution is 2.25. The van der Waals surface area contributed by atoms with Gasteiger partial charge in [-0.15, -0.1) is 0 Å². The molecular weight excluding hydrogens is 639 g/mol. The fraction of sp³-hybridized carbons (Fsp3) is 0.109. The molecule has 0 unspecified atom stereocenters. The van der Waals surface area contributed by atoms with E-state index in [2.05, 4.69) is 124 Å². The number of quaternary nitrogens is 1. The Morgan fingerprint density at radius 1 is 0.769 bits per heavy atom. The second-order valence-electron chi connectivity index (χ2n) is 12.1. The Morgan fingerprint density at radius 3 is 2.15 bits per heavy atom. The first kappa shape index (κ1) is 36.9. The molecule has 0 saturated carbocycles. The molecule has 0 radical (unpaired) electrons. The van der Waals surface area contributed by atoms with Crippen molar-refractivity contribution in [1.29, 1.82) is 0 Å². The van der Waals surface area contributed by atoms with Crippen LogP contribution in [0.3, 0.4) is 0 Å². The summed E-state index contributed by atoms with van der Waals surface area (Å²) in [5.41, 5.74) is 10.1. The summed E-state index contributed by atoms with van der Waals surface area (Å²) in [5.74, 6) is -0.159. The van der Waals surface area contributed by atoms with Gasteiger partial charge in [0.15, 0.2) is 0 Å². The van der Waals surface area contributed by atoms with Crippen molar-refractivity contribution in [2.24, 2.45) is 0 Å². The number of benzene rings is 4. The van der Waals surface area contributed by atoms with Crippen LogP contribution < -0.4 is 25.8 Å². The van der Waals surface area contributed by atoms with Crippen LogP contribution in [-0.2, 0) is 0 Å². The maximum atomic E-state index is 13.2. The highest BCUT2D eigenvalue weighted by Gasteiger charge is 2.11. The van der Waals surface area contributed by atoms with E-state index in [0.717, 1.165) is 40.4 Å². The van der Waals surface area contributed by atoms with Gasteiger partial charge in [0.2, 0.25) is 0 Å². The monoisotopic (exact) mass is 686 g/mol. The van der Waals surface area contributed by atoms with Crippen molar-refractivity contribution in [2.45, 2.75) is 20.8 Å². The SMILES string of the molecule is C/C=C(\C=C/[NH2+]c1ccccc1)C1=CCN(c2cccc(NC(=O)c3ccc(N\C=C/C(=C\C)C(/C=C\N(C)c4ccccc4)=C/C)cc3)c2)C=C1. The maximum absolute atomic E-state index is 13.2. The molecule has 0 aromatic heterocycles. The van der Waals surface area contributed by atoms with Gasteiger partial charge in [-0.05, 0) is 134 Å². The number of para-hydroxylation sites is 2. The van der Waals surface area contributed by atoms with Gasteiger partial charge in [0.1, 0.15) is 5.69 Å². The lowest BCUT2D eigenvalue weighted by Crippen LogP contribution is -2.70. The van der Waals surface area contributed by atoms with E-state index >= 15 is 0 Å². The van der Waals surface area contributed by atoms with Crippen LogP contribution >= 0.6 is 0 Å². The zero-order valence-electron chi connectivity index (χ0n) is 30.4. The molecule has 1 aliphatic heterocycles. The predicted molar refractivity (Wildman–Crippen MR) is 221 cm³/mol. The molecule has 4 aromatic carbocycles. The molecule has 4 N–H and O–H groups in total. The zero-order valence-corrected chi connectivity index (χ0v) is 30.4. The topological polar surface area (TPSA) is 64.2 Å². The van der Waals surface area contributed by atoms with Gasteiger partial charge in [-0.1, -0.05) is 66.8 Å². The fourth-order valence-corrected chi connectivity index (χ4v) is 5.66. The van der Waals surface area contributed by atoms with E-state index in [-0.39, 0.29) is 5.91 Å². The molecule has 0 saturated heterocycles. The molecular formula is C46H48N5O+. The minimum atomic E-state index is -0.159. The number of anilines is 4. The minimum Gasteiger partial charge on any atom is -0.362 e. The van der Waals surface area contributed by atoms with Crippen molar-refractivity contribution in [3.05, 3.63) is 210 Å². The molecule has 0 fully saturated rings. The molecule has 1 aliphatic rings. The van der Waals surface area contributed by atoms with Crippen molar-refractivity contribution in [3.8, 4) is 0 Å². The Bertz CT molecular complexity index is 2030. The van der Waals surface area contributed by atoms with Gasteiger partial charge in [-0.2, -0.15) is 0 Å². The summed E-state index contributed by atoms with van der Waals surface area (Å²) in [7, 11) is 2.04. The Labute approximate surface area is 308 Å². The quantitative estimate of drug-likeness (QED) is 0.0913. The van der Waals surface area contributed by atoms with Crippen molar-refractivity contribution < 1.29 is 10.1 Å². The van der Waals surface area contributed by atoms with Crippen LogP contribution in [0.25, 0.3) is 0 Å². The Morgan fingerprint density at radius 2 is 1.48 bits per heavy atom. The van der Waals surface area contributed by atoms with Crippen LogP contribution in [0.2, 0.25) is 0 Å². The predicted octanol–water partition coefficient (Wildman–Crippen LogP) is 10.0. The van der Waals surface area contributed by atoms with Gasteiger partial charge >= 0.3 is 0 Å². The molecule has 1 heterocycles. The standard InChI is InChI=1S/C46H47N5O/c1-5-36(38(7-3)27-32-50(4)44-18-12-9-13-19-44)25-30-48-42-23-21-40(22-24-42)46(52)49-43-17-14-20-45(35-43)51-33-28-39(29-34-51)37(6-2)26-31-47-41-15-10-8-11-16-41/h5-33,35,47-48H,34H2,1-4H3,(H,49,52)/p+1/b30-25-,31-26-,32-27-,36-5+,37-6+,38-7+. The molecule has 0 spiro atoms. The number of rotatable bonds is 14. The smallest absolute Gasteiger partial charge is 0.255 e. The molecule has 6 nitrogen and oxygen atoms in total. The lowest BCUT2D eigenvalue weighted by atomic mass is 10.0. The van der Waals surface area contributed by atoms with E-state index in [1.54, 1.807) is 0 Å². The van der Waals surface area contributed by atoms with Gasteiger partial charge < -0.3 is 20.4 Å². The molecule has 52 heavy (non-hydrogen) atoms. The van der Waals surface area contributed by atoms with Gasteiger partial charge in [0, 0.05) is 60.5 Å². The molecule has 262 valence electrons. The van der Waals surface area contributed by atoms with E-state index in [0.29, 0.717) is 5.56 Å². The van der Waals surface area contributed by atoms with Crippen LogP contribution in [0.15, 0.2) is 205 Å². The summed E-state index contributed by atoms with van der Waals surface area (Å²) >= 11 is 0. The third-order valence-electron chi connectivity index (χ3n) is 8.64. The summed E-state index contributed by atoms with van der Waals surface area (Å²) in [5, 5.41) is 8.50. The summed E-state index contributed by atoms with van der Waals surface area (Å²) in [4.78, 5) is 17.4. The first-order valence-electron chi connectivity index (χ1n) is 17.6. The fourth-order valence-electron chi connectivity index (χ4n) is 5.66. The summed E-state index contributed by atoms with van der Waals surface area (Å²) in [6.07, 6.45) is 25.1. The van der Waals surface area contributed by atoms with Gasteiger partial charge in [-0.25, -0.2) is 0 Å². The molecule has 6 heteroatoms. The van der Waals surface area contributed by atoms with Crippen molar-refractivity contribution in [1.82, 2.24) is 0 Å². The van der Waals surface area contributed by atoms with Gasteiger partial charge in [0.25, 0.3) is 5.91 Å². The van der Waals surface area contributed by atoms with Crippen LogP contribution in [0.1, 0.15) is 31.1 Å². The number of nitrogens with one attached hydrogen (secondary N) is 2. The van der Waals surface area contributed by atoms with Crippen molar-refractivity contribution >= 4 is 34.3 Å². The third-order valence-corrected chi connectivity index (χ3v) is 8.64. The Balaban J connectivity index is 1.12. The van der Waals surface area contributed by atoms with Crippen LogP contribution in [-0.4, -0.2) is 19.5 Å². The number of amides is 1. The Kier molecular flexibility index (Phi) is 13.6. The summed E-state index contributed by atoms with van der Waals surface area (Å²) < 4.78 is 0. The van der Waals surface area contributed by atoms with Gasteiger partial charge in [0.05, 0.1) is 6.20 Å². The number of hydrogen-bond donors (Lipinski definition) is 3. The first-order chi connectivity index (χ1) is 25.5. The highest BCUT2D eigenvalue weighted by molar-refractivity contribution is 6.04. The first-order valence-corrected chi connectivity index (χ1v) is 17.6. The van der Waals surface area contributed by atoms with Crippen LogP contribution in [0.5, 0.6) is 0 Å². The van der Waals surface area contributed by atoms with Crippen LogP contribution in [0.4, 0.5) is 28.4 Å². The molecule has 0 bridgehead atoms. The number of nitrogens with zero attached hydrogens (tertiary/aromatic N) is 2. The normalized spacial score (nSPS) is 14.0. The average Bonchev–Trinajstić information content (AvgIpc) is 3.20. The number of nitrogens with two attached hydrogens (primary N) is 1. The molecule has 0 atom stereocenters. The largest absolute Gasteiger partial charge is 0.362 e. The number of carbonyl (C=O) groups is 1. The average molecular weight is 687 g/mol. The van der Waals surface area contributed by atoms with Crippen molar-refractivity contribution in [2.75, 3.05) is 34.0 Å². The molecule has 5 rings (SSSR count). The van der Waals surface area contributed by atoms with E-state index < -0.39 is 0 Å². The molecule has 1 amide bonds. The minimum absolute atomic E-state index is 0.159. The maximum Gasteiger partial charge on any atom is 0.255 e. The van der Waals surface area contributed by atoms with E-state index in [4.69, 9.17) is 0 Å². The van der Waals surface area contributed by atoms with Crippen LogP contribution in [0, 0.1) is 0 Å². The van der Waals surface area contributed by atoms with Gasteiger partial charge in [-0.3, -0.25) is 10.1 Å². The highest BCUT2D eigenvalue weighted by atomic mass is 16.1. The third kappa shape index (κ3) is 10.6. The number of hydrogen-bond acceptors (Lipinski definition) is 4. The Hall–Kier alpha value is -6.37. The number of allylic oxidation sites excluding steroid dienone is 11. The lowest BCUT2D eigenvalue weighted by molar-refractivity contribution is -0.496. The summed E-state index contributed by atoms with van der Waals surface area (Å²) in [6.45, 7) is 6.86. The lowest BCUT2D eigenvalue weighted by Gasteiger charge is -2.23.